The Morgan fingerprint density at radius 2 is 1.54 bits per heavy atom. The molecule has 0 saturated heterocycles. The van der Waals surface area contributed by atoms with E-state index in [-0.39, 0.29) is 22.5 Å². The van der Waals surface area contributed by atoms with Gasteiger partial charge in [-0.05, 0) is 42.7 Å². The predicted octanol–water partition coefficient (Wildman–Crippen LogP) is 4.07. The standard InChI is InChI=1S/C24H22N4O6S/c1-31-18-7-6-13(11-19(18)32-2)20-17(12-25)21(28-24(27-20)35-5)26-16-9-14(22(29)33-3)8-15(10-16)23(30)34-4/h6-11H,1-5H3,(H,26,27,28). The number of nitrogens with zero attached hydrogens (tertiary/aromatic N) is 3. The van der Waals surface area contributed by atoms with E-state index >= 15 is 0 Å². The summed E-state index contributed by atoms with van der Waals surface area (Å²) in [6, 6.07) is 11.6. The minimum Gasteiger partial charge on any atom is -0.493 e. The van der Waals surface area contributed by atoms with Gasteiger partial charge in [0.2, 0.25) is 0 Å². The van der Waals surface area contributed by atoms with Crippen LogP contribution in [0, 0.1) is 11.3 Å². The van der Waals surface area contributed by atoms with Crippen LogP contribution in [0.15, 0.2) is 41.6 Å². The van der Waals surface area contributed by atoms with Gasteiger partial charge in [0.25, 0.3) is 0 Å². The molecular formula is C24H22N4O6S. The SMILES string of the molecule is COC(=O)c1cc(Nc2nc(SC)nc(-c3ccc(OC)c(OC)c3)c2C#N)cc(C(=O)OC)c1. The lowest BCUT2D eigenvalue weighted by atomic mass is 10.1. The Morgan fingerprint density at radius 3 is 2.06 bits per heavy atom. The number of ether oxygens (including phenoxy) is 4. The first-order valence-electron chi connectivity index (χ1n) is 10.1. The summed E-state index contributed by atoms with van der Waals surface area (Å²) in [6.45, 7) is 0. The average Bonchev–Trinajstić information content (AvgIpc) is 2.90. The Balaban J connectivity index is 2.18. The minimum atomic E-state index is -0.641. The lowest BCUT2D eigenvalue weighted by Crippen LogP contribution is -2.09. The highest BCUT2D eigenvalue weighted by Gasteiger charge is 2.20. The molecule has 180 valence electrons. The van der Waals surface area contributed by atoms with Crippen LogP contribution in [-0.4, -0.2) is 56.6 Å². The fourth-order valence-electron chi connectivity index (χ4n) is 3.23. The Hall–Kier alpha value is -4.30. The summed E-state index contributed by atoms with van der Waals surface area (Å²) in [5, 5.41) is 13.4. The number of esters is 2. The van der Waals surface area contributed by atoms with Gasteiger partial charge in [0, 0.05) is 11.3 Å². The van der Waals surface area contributed by atoms with E-state index in [1.165, 1.54) is 58.4 Å². The van der Waals surface area contributed by atoms with E-state index in [4.69, 9.17) is 18.9 Å². The van der Waals surface area contributed by atoms with Gasteiger partial charge in [-0.15, -0.1) is 0 Å². The number of methoxy groups -OCH3 is 4. The van der Waals surface area contributed by atoms with Crippen molar-refractivity contribution in [3.8, 4) is 28.8 Å². The summed E-state index contributed by atoms with van der Waals surface area (Å²) >= 11 is 1.29. The van der Waals surface area contributed by atoms with Crippen LogP contribution >= 0.6 is 11.8 Å². The number of rotatable bonds is 8. The third-order valence-electron chi connectivity index (χ3n) is 4.88. The van der Waals surface area contributed by atoms with E-state index in [0.717, 1.165) is 0 Å². The van der Waals surface area contributed by atoms with E-state index in [0.29, 0.717) is 33.6 Å². The van der Waals surface area contributed by atoms with Crippen molar-refractivity contribution in [1.29, 1.82) is 5.26 Å². The number of carbonyl (C=O) groups is 2. The molecule has 0 spiro atoms. The first-order valence-corrected chi connectivity index (χ1v) is 11.3. The van der Waals surface area contributed by atoms with Crippen LogP contribution in [0.5, 0.6) is 11.5 Å². The zero-order valence-corrected chi connectivity index (χ0v) is 20.5. The number of benzene rings is 2. The highest BCUT2D eigenvalue weighted by molar-refractivity contribution is 7.98. The van der Waals surface area contributed by atoms with E-state index in [1.807, 2.05) is 0 Å². The number of thioether (sulfide) groups is 1. The Bertz CT molecular complexity index is 1290. The van der Waals surface area contributed by atoms with Crippen molar-refractivity contribution in [2.75, 3.05) is 40.0 Å². The van der Waals surface area contributed by atoms with Gasteiger partial charge in [0.1, 0.15) is 11.6 Å². The van der Waals surface area contributed by atoms with Crippen LogP contribution in [0.4, 0.5) is 11.5 Å². The normalized spacial score (nSPS) is 10.2. The minimum absolute atomic E-state index is 0.121. The molecule has 0 radical (unpaired) electrons. The number of hydrogen-bond acceptors (Lipinski definition) is 11. The molecule has 0 unspecified atom stereocenters. The van der Waals surface area contributed by atoms with E-state index in [2.05, 4.69) is 21.4 Å². The molecule has 11 heteroatoms. The second-order valence-corrected chi connectivity index (χ2v) is 7.64. The molecule has 0 aliphatic carbocycles. The lowest BCUT2D eigenvalue weighted by Gasteiger charge is -2.15. The van der Waals surface area contributed by atoms with Gasteiger partial charge in [-0.3, -0.25) is 0 Å². The monoisotopic (exact) mass is 494 g/mol. The highest BCUT2D eigenvalue weighted by atomic mass is 32.2. The van der Waals surface area contributed by atoms with Crippen molar-refractivity contribution in [1.82, 2.24) is 9.97 Å². The van der Waals surface area contributed by atoms with Crippen LogP contribution in [0.2, 0.25) is 0 Å². The van der Waals surface area contributed by atoms with Crippen molar-refractivity contribution in [2.24, 2.45) is 0 Å². The number of nitrogens with one attached hydrogen (secondary N) is 1. The molecule has 2 aromatic carbocycles. The maximum Gasteiger partial charge on any atom is 0.337 e. The van der Waals surface area contributed by atoms with Crippen LogP contribution < -0.4 is 14.8 Å². The van der Waals surface area contributed by atoms with Gasteiger partial charge in [0.15, 0.2) is 22.5 Å². The van der Waals surface area contributed by atoms with Gasteiger partial charge >= 0.3 is 11.9 Å². The number of carbonyl (C=O) groups excluding carboxylic acids is 2. The number of aromatic nitrogens is 2. The molecule has 3 aromatic rings. The zero-order valence-electron chi connectivity index (χ0n) is 19.7. The second-order valence-electron chi connectivity index (χ2n) is 6.87. The molecular weight excluding hydrogens is 472 g/mol. The molecule has 0 fully saturated rings. The summed E-state index contributed by atoms with van der Waals surface area (Å²) in [5.74, 6) is -0.0893. The van der Waals surface area contributed by atoms with E-state index < -0.39 is 11.9 Å². The van der Waals surface area contributed by atoms with Crippen molar-refractivity contribution in [3.05, 3.63) is 53.1 Å². The van der Waals surface area contributed by atoms with Crippen LogP contribution in [0.1, 0.15) is 26.3 Å². The Kier molecular flexibility index (Phi) is 8.12. The summed E-state index contributed by atoms with van der Waals surface area (Å²) < 4.78 is 20.3. The molecule has 0 aliphatic heterocycles. The van der Waals surface area contributed by atoms with E-state index in [9.17, 15) is 14.9 Å². The predicted molar refractivity (Wildman–Crippen MR) is 129 cm³/mol. The quantitative estimate of drug-likeness (QED) is 0.276. The molecule has 1 N–H and O–H groups in total. The highest BCUT2D eigenvalue weighted by Crippen LogP contribution is 2.35. The van der Waals surface area contributed by atoms with Gasteiger partial charge < -0.3 is 24.3 Å². The van der Waals surface area contributed by atoms with Crippen LogP contribution in [-0.2, 0) is 9.47 Å². The third-order valence-corrected chi connectivity index (χ3v) is 5.43. The summed E-state index contributed by atoms with van der Waals surface area (Å²) in [5.41, 5.74) is 1.70. The summed E-state index contributed by atoms with van der Waals surface area (Å²) in [6.07, 6.45) is 1.80. The maximum atomic E-state index is 12.2. The first kappa shape index (κ1) is 25.3. The molecule has 10 nitrogen and oxygen atoms in total. The molecule has 1 heterocycles. The largest absolute Gasteiger partial charge is 0.493 e. The molecule has 0 bridgehead atoms. The fourth-order valence-corrected chi connectivity index (χ4v) is 3.59. The van der Waals surface area contributed by atoms with Crippen molar-refractivity contribution in [3.63, 3.8) is 0 Å². The fraction of sp³-hybridized carbons (Fsp3) is 0.208. The van der Waals surface area contributed by atoms with Crippen molar-refractivity contribution in [2.45, 2.75) is 5.16 Å². The van der Waals surface area contributed by atoms with Crippen molar-refractivity contribution >= 4 is 35.2 Å². The maximum absolute atomic E-state index is 12.2. The summed E-state index contributed by atoms with van der Waals surface area (Å²) in [4.78, 5) is 33.3. The number of anilines is 2. The van der Waals surface area contributed by atoms with Crippen molar-refractivity contribution < 1.29 is 28.5 Å². The van der Waals surface area contributed by atoms with Gasteiger partial charge in [0.05, 0.1) is 45.3 Å². The van der Waals surface area contributed by atoms with Crippen LogP contribution in [0.3, 0.4) is 0 Å². The molecule has 0 aliphatic rings. The number of nitriles is 1. The lowest BCUT2D eigenvalue weighted by molar-refractivity contribution is 0.0599. The topological polar surface area (TPSA) is 133 Å². The van der Waals surface area contributed by atoms with E-state index in [1.54, 1.807) is 24.5 Å². The first-order chi connectivity index (χ1) is 16.9. The smallest absolute Gasteiger partial charge is 0.337 e. The van der Waals surface area contributed by atoms with Gasteiger partial charge in [-0.2, -0.15) is 5.26 Å². The Labute approximate surface area is 206 Å². The second kappa shape index (κ2) is 11.2. The number of hydrogen-bond donors (Lipinski definition) is 1. The van der Waals surface area contributed by atoms with Gasteiger partial charge in [-0.25, -0.2) is 19.6 Å². The molecule has 0 saturated carbocycles. The molecule has 0 atom stereocenters. The summed E-state index contributed by atoms with van der Waals surface area (Å²) in [7, 11) is 5.51. The molecule has 1 aromatic heterocycles. The molecule has 0 amide bonds. The Morgan fingerprint density at radius 1 is 0.914 bits per heavy atom. The van der Waals surface area contributed by atoms with Crippen LogP contribution in [0.25, 0.3) is 11.3 Å². The zero-order chi connectivity index (χ0) is 25.5. The average molecular weight is 495 g/mol. The molecule has 3 rings (SSSR count). The molecule has 35 heavy (non-hydrogen) atoms. The van der Waals surface area contributed by atoms with Gasteiger partial charge in [-0.1, -0.05) is 11.8 Å². The third kappa shape index (κ3) is 5.44.